The lowest BCUT2D eigenvalue weighted by Crippen LogP contribution is -2.37. The first kappa shape index (κ1) is 26.4. The van der Waals surface area contributed by atoms with Crippen LogP contribution >= 0.6 is 11.6 Å². The van der Waals surface area contributed by atoms with E-state index in [0.717, 1.165) is 61.5 Å². The van der Waals surface area contributed by atoms with E-state index in [1.54, 1.807) is 30.3 Å². The third-order valence-corrected chi connectivity index (χ3v) is 9.06. The molecule has 4 aromatic rings. The standard InChI is InChI=1S/C31H30ClFN4O4/c32-22-6-4-20(24(33)13-22)18-41-29-3-1-2-27(35-29)31-9-10-36(15-21(31)14-31)17-28-34-25-7-5-19(30(38)39)12-26(25)37(28)16-23-8-11-40-23/h1-7,12-13,21,23H,8-11,14-18H2,(H,38,39)/t21?,23-,31?/m0/s1. The summed E-state index contributed by atoms with van der Waals surface area (Å²) in [4.78, 5) is 23.8. The molecule has 2 aliphatic heterocycles. The molecule has 10 heteroatoms. The van der Waals surface area contributed by atoms with Crippen LogP contribution in [0.5, 0.6) is 5.88 Å². The molecule has 2 saturated heterocycles. The molecule has 3 aliphatic rings. The van der Waals surface area contributed by atoms with Crippen molar-refractivity contribution in [1.82, 2.24) is 19.4 Å². The predicted octanol–water partition coefficient (Wildman–Crippen LogP) is 5.45. The van der Waals surface area contributed by atoms with E-state index < -0.39 is 11.8 Å². The molecular weight excluding hydrogens is 547 g/mol. The number of hydrogen-bond acceptors (Lipinski definition) is 6. The first-order valence-corrected chi connectivity index (χ1v) is 14.4. The monoisotopic (exact) mass is 576 g/mol. The lowest BCUT2D eigenvalue weighted by molar-refractivity contribution is -0.0592. The predicted molar refractivity (Wildman–Crippen MR) is 151 cm³/mol. The van der Waals surface area contributed by atoms with Gasteiger partial charge in [0, 0.05) is 35.2 Å². The lowest BCUT2D eigenvalue weighted by Gasteiger charge is -2.32. The summed E-state index contributed by atoms with van der Waals surface area (Å²) in [7, 11) is 0. The second-order valence-electron chi connectivity index (χ2n) is 11.4. The molecular formula is C31H30ClFN4O4. The molecule has 2 aromatic carbocycles. The number of likely N-dealkylation sites (tertiary alicyclic amines) is 1. The van der Waals surface area contributed by atoms with Crippen molar-refractivity contribution >= 4 is 28.6 Å². The van der Waals surface area contributed by atoms with Gasteiger partial charge >= 0.3 is 5.97 Å². The number of hydrogen-bond donors (Lipinski definition) is 1. The van der Waals surface area contributed by atoms with Gasteiger partial charge < -0.3 is 19.1 Å². The van der Waals surface area contributed by atoms with Gasteiger partial charge in [-0.2, -0.15) is 0 Å². The van der Waals surface area contributed by atoms with Crippen LogP contribution in [0.15, 0.2) is 54.6 Å². The Morgan fingerprint density at radius 3 is 2.83 bits per heavy atom. The highest BCUT2D eigenvalue weighted by atomic mass is 35.5. The molecule has 1 saturated carbocycles. The summed E-state index contributed by atoms with van der Waals surface area (Å²) in [5, 5.41) is 9.87. The van der Waals surface area contributed by atoms with Crippen LogP contribution in [0.3, 0.4) is 0 Å². The van der Waals surface area contributed by atoms with Crippen LogP contribution < -0.4 is 4.74 Å². The topological polar surface area (TPSA) is 89.7 Å². The first-order chi connectivity index (χ1) is 19.9. The molecule has 1 aliphatic carbocycles. The van der Waals surface area contributed by atoms with Crippen LogP contribution in [-0.2, 0) is 29.8 Å². The molecule has 0 radical (unpaired) electrons. The maximum Gasteiger partial charge on any atom is 0.335 e. The zero-order valence-electron chi connectivity index (χ0n) is 22.4. The Morgan fingerprint density at radius 2 is 2.07 bits per heavy atom. The van der Waals surface area contributed by atoms with Gasteiger partial charge in [0.1, 0.15) is 18.2 Å². The van der Waals surface area contributed by atoms with Gasteiger partial charge in [0.2, 0.25) is 5.88 Å². The highest BCUT2D eigenvalue weighted by Crippen LogP contribution is 2.59. The molecule has 3 atom stereocenters. The van der Waals surface area contributed by atoms with Gasteiger partial charge in [-0.05, 0) is 68.1 Å². The maximum absolute atomic E-state index is 14.2. The number of benzene rings is 2. The first-order valence-electron chi connectivity index (χ1n) is 14.0. The van der Waals surface area contributed by atoms with Crippen molar-refractivity contribution in [1.29, 1.82) is 0 Å². The fourth-order valence-electron chi connectivity index (χ4n) is 6.30. The summed E-state index contributed by atoms with van der Waals surface area (Å²) in [6.07, 6.45) is 3.18. The summed E-state index contributed by atoms with van der Waals surface area (Å²) in [5.41, 5.74) is 3.42. The summed E-state index contributed by atoms with van der Waals surface area (Å²) >= 11 is 5.86. The molecule has 212 valence electrons. The second kappa shape index (κ2) is 10.4. The fourth-order valence-corrected chi connectivity index (χ4v) is 6.46. The molecule has 1 N–H and O–H groups in total. The Bertz CT molecular complexity index is 1640. The molecule has 2 aromatic heterocycles. The van der Waals surface area contributed by atoms with Crippen LogP contribution in [0.2, 0.25) is 5.02 Å². The minimum absolute atomic E-state index is 0.0394. The normalized spacial score (nSPS) is 23.7. The van der Waals surface area contributed by atoms with E-state index in [2.05, 4.69) is 15.5 Å². The number of fused-ring (bicyclic) bond motifs is 2. The molecule has 4 heterocycles. The molecule has 3 fully saturated rings. The second-order valence-corrected chi connectivity index (χ2v) is 11.8. The van der Waals surface area contributed by atoms with Crippen molar-refractivity contribution in [3.63, 3.8) is 0 Å². The van der Waals surface area contributed by atoms with Crippen LogP contribution in [-0.4, -0.2) is 56.3 Å². The van der Waals surface area contributed by atoms with Crippen LogP contribution in [0.1, 0.15) is 46.7 Å². The van der Waals surface area contributed by atoms with E-state index in [-0.39, 0.29) is 23.7 Å². The maximum atomic E-state index is 14.2. The molecule has 41 heavy (non-hydrogen) atoms. The van der Waals surface area contributed by atoms with Crippen molar-refractivity contribution < 1.29 is 23.8 Å². The fraction of sp³-hybridized carbons (Fsp3) is 0.387. The van der Waals surface area contributed by atoms with Gasteiger partial charge in [-0.15, -0.1) is 0 Å². The number of pyridine rings is 1. The average Bonchev–Trinajstić information content (AvgIpc) is 3.58. The number of imidazole rings is 1. The smallest absolute Gasteiger partial charge is 0.335 e. The highest BCUT2D eigenvalue weighted by molar-refractivity contribution is 6.30. The number of nitrogens with zero attached hydrogens (tertiary/aromatic N) is 4. The summed E-state index contributed by atoms with van der Waals surface area (Å²) < 4.78 is 27.9. The van der Waals surface area contributed by atoms with Gasteiger partial charge in [-0.1, -0.05) is 23.7 Å². The third-order valence-electron chi connectivity index (χ3n) is 8.83. The Labute approximate surface area is 241 Å². The molecule has 8 nitrogen and oxygen atoms in total. The van der Waals surface area contributed by atoms with E-state index in [1.807, 2.05) is 12.1 Å². The number of ether oxygens (including phenoxy) is 2. The molecule has 0 spiro atoms. The Morgan fingerprint density at radius 1 is 1.20 bits per heavy atom. The van der Waals surface area contributed by atoms with E-state index in [0.29, 0.717) is 35.5 Å². The molecule has 7 rings (SSSR count). The number of carboxylic acid groups (broad SMARTS) is 1. The summed E-state index contributed by atoms with van der Waals surface area (Å²) in [6, 6.07) is 15.5. The largest absolute Gasteiger partial charge is 0.478 e. The average molecular weight is 577 g/mol. The van der Waals surface area contributed by atoms with Crippen molar-refractivity contribution in [2.24, 2.45) is 5.92 Å². The quantitative estimate of drug-likeness (QED) is 0.283. The molecule has 2 unspecified atom stereocenters. The number of halogens is 2. The van der Waals surface area contributed by atoms with Gasteiger partial charge in [-0.25, -0.2) is 19.2 Å². The van der Waals surface area contributed by atoms with Gasteiger partial charge in [0.05, 0.1) is 41.5 Å². The number of carboxylic acids is 1. The lowest BCUT2D eigenvalue weighted by atomic mass is 9.91. The summed E-state index contributed by atoms with van der Waals surface area (Å²) in [5.74, 6) is 0.584. The van der Waals surface area contributed by atoms with E-state index in [4.69, 9.17) is 31.0 Å². The number of rotatable bonds is 9. The zero-order chi connectivity index (χ0) is 28.1. The van der Waals surface area contributed by atoms with E-state index >= 15 is 0 Å². The molecule has 0 bridgehead atoms. The summed E-state index contributed by atoms with van der Waals surface area (Å²) in [6.45, 7) is 4.06. The Hall–Kier alpha value is -3.53. The number of piperidine rings is 1. The Kier molecular flexibility index (Phi) is 6.68. The van der Waals surface area contributed by atoms with Gasteiger partial charge in [0.15, 0.2) is 0 Å². The minimum Gasteiger partial charge on any atom is -0.478 e. The number of aromatic nitrogens is 3. The minimum atomic E-state index is -0.942. The Balaban J connectivity index is 1.05. The van der Waals surface area contributed by atoms with E-state index in [1.165, 1.54) is 6.07 Å². The van der Waals surface area contributed by atoms with Crippen LogP contribution in [0.4, 0.5) is 4.39 Å². The van der Waals surface area contributed by atoms with Crippen molar-refractivity contribution in [2.75, 3.05) is 19.7 Å². The zero-order valence-corrected chi connectivity index (χ0v) is 23.2. The van der Waals surface area contributed by atoms with Crippen LogP contribution in [0.25, 0.3) is 11.0 Å². The number of carbonyl (C=O) groups is 1. The van der Waals surface area contributed by atoms with Crippen molar-refractivity contribution in [2.45, 2.75) is 50.5 Å². The van der Waals surface area contributed by atoms with Gasteiger partial charge in [-0.3, -0.25) is 4.90 Å². The van der Waals surface area contributed by atoms with Crippen molar-refractivity contribution in [3.8, 4) is 5.88 Å². The highest BCUT2D eigenvalue weighted by Gasteiger charge is 2.58. The number of aromatic carboxylic acids is 1. The van der Waals surface area contributed by atoms with E-state index in [9.17, 15) is 14.3 Å². The van der Waals surface area contributed by atoms with Gasteiger partial charge in [0.25, 0.3) is 0 Å². The third kappa shape index (κ3) is 5.07. The van der Waals surface area contributed by atoms with Crippen molar-refractivity contribution in [3.05, 3.63) is 88.1 Å². The molecule has 0 amide bonds. The SMILES string of the molecule is O=C(O)c1ccc2nc(CN3CCC4(c5cccc(OCc6ccc(Cl)cc6F)n5)CC4C3)n(C[C@@H]3CCO3)c2c1. The van der Waals surface area contributed by atoms with Crippen LogP contribution in [0, 0.1) is 11.7 Å².